The molecular weight excluding hydrogens is 268 g/mol. The monoisotopic (exact) mass is 296 g/mol. The van der Waals surface area contributed by atoms with Crippen molar-refractivity contribution in [2.75, 3.05) is 7.05 Å². The number of benzene rings is 1. The predicted octanol–water partition coefficient (Wildman–Crippen LogP) is 4.73. The highest BCUT2D eigenvalue weighted by atomic mass is 15.2. The molecule has 1 aromatic carbocycles. The van der Waals surface area contributed by atoms with E-state index in [4.69, 9.17) is 6.57 Å². The van der Waals surface area contributed by atoms with E-state index in [0.717, 1.165) is 12.8 Å². The molecule has 2 fully saturated rings. The van der Waals surface area contributed by atoms with Gasteiger partial charge in [0.1, 0.15) is 0 Å². The van der Waals surface area contributed by atoms with Gasteiger partial charge in [0.15, 0.2) is 0 Å². The van der Waals surface area contributed by atoms with Crippen LogP contribution >= 0.6 is 0 Å². The number of unbranched alkanes of at least 4 members (excludes halogenated alkanes) is 1. The van der Waals surface area contributed by atoms with Gasteiger partial charge in [-0.15, -0.1) is 0 Å². The number of fused-ring (bicyclic) bond motifs is 2. The van der Waals surface area contributed by atoms with Crippen LogP contribution in [0.5, 0.6) is 0 Å². The molecule has 2 aliphatic heterocycles. The standard InChI is InChI=1S/C20H28N2/c1-4-5-11-18-19(15-9-7-6-8-10-15)14-17-12-16(21-2)13-20(18)22(17)3/h6-10,16-20H,4-5,11-14H2,1,3H3. The summed E-state index contributed by atoms with van der Waals surface area (Å²) in [5, 5.41) is 0. The highest BCUT2D eigenvalue weighted by Gasteiger charge is 2.47. The number of nitrogens with zero attached hydrogens (tertiary/aromatic N) is 2. The minimum absolute atomic E-state index is 0.257. The molecule has 0 aromatic heterocycles. The molecule has 5 unspecified atom stereocenters. The molecule has 0 saturated carbocycles. The largest absolute Gasteiger partial charge is 0.314 e. The van der Waals surface area contributed by atoms with Crippen LogP contribution < -0.4 is 0 Å². The summed E-state index contributed by atoms with van der Waals surface area (Å²) >= 11 is 0. The lowest BCUT2D eigenvalue weighted by Crippen LogP contribution is -2.56. The van der Waals surface area contributed by atoms with Gasteiger partial charge in [-0.25, -0.2) is 6.57 Å². The van der Waals surface area contributed by atoms with Gasteiger partial charge >= 0.3 is 0 Å². The minimum atomic E-state index is 0.257. The van der Waals surface area contributed by atoms with E-state index in [-0.39, 0.29) is 6.04 Å². The van der Waals surface area contributed by atoms with Gasteiger partial charge in [0, 0.05) is 24.9 Å². The first-order valence-corrected chi connectivity index (χ1v) is 8.88. The fourth-order valence-electron chi connectivity index (χ4n) is 4.79. The van der Waals surface area contributed by atoms with Crippen LogP contribution in [0.15, 0.2) is 30.3 Å². The molecule has 2 heterocycles. The molecule has 2 saturated heterocycles. The van der Waals surface area contributed by atoms with Crippen LogP contribution in [0.4, 0.5) is 0 Å². The van der Waals surface area contributed by atoms with E-state index in [1.165, 1.54) is 31.2 Å². The van der Waals surface area contributed by atoms with Crippen molar-refractivity contribution in [1.82, 2.24) is 4.90 Å². The normalized spacial score (nSPS) is 35.0. The van der Waals surface area contributed by atoms with E-state index in [0.29, 0.717) is 23.9 Å². The van der Waals surface area contributed by atoms with Gasteiger partial charge in [-0.1, -0.05) is 50.1 Å². The Kier molecular flexibility index (Phi) is 4.84. The molecule has 2 nitrogen and oxygen atoms in total. The van der Waals surface area contributed by atoms with Crippen LogP contribution in [0.2, 0.25) is 0 Å². The third-order valence-electron chi connectivity index (χ3n) is 6.00. The Bertz CT molecular complexity index is 518. The van der Waals surface area contributed by atoms with Gasteiger partial charge in [0.2, 0.25) is 6.04 Å². The summed E-state index contributed by atoms with van der Waals surface area (Å²) in [4.78, 5) is 6.51. The molecule has 0 amide bonds. The Balaban J connectivity index is 1.88. The van der Waals surface area contributed by atoms with E-state index in [1.54, 1.807) is 0 Å². The maximum atomic E-state index is 7.47. The van der Waals surface area contributed by atoms with E-state index in [9.17, 15) is 0 Å². The lowest BCUT2D eigenvalue weighted by molar-refractivity contribution is 0.00245. The van der Waals surface area contributed by atoms with Gasteiger partial charge in [0.05, 0.1) is 0 Å². The second kappa shape index (κ2) is 6.84. The Labute approximate surface area is 135 Å². The SMILES string of the molecule is [C-]#[N+]C1CC2CC(c3ccccc3)C(CCCC)C(C1)N2C. The first-order chi connectivity index (χ1) is 10.7. The van der Waals surface area contributed by atoms with Crippen molar-refractivity contribution < 1.29 is 0 Å². The third-order valence-corrected chi connectivity index (χ3v) is 6.00. The summed E-state index contributed by atoms with van der Waals surface area (Å²) < 4.78 is 0. The zero-order valence-electron chi connectivity index (χ0n) is 13.9. The highest BCUT2D eigenvalue weighted by molar-refractivity contribution is 5.23. The fourth-order valence-corrected chi connectivity index (χ4v) is 4.79. The van der Waals surface area contributed by atoms with E-state index < -0.39 is 0 Å². The number of hydrogen-bond acceptors (Lipinski definition) is 1. The van der Waals surface area contributed by atoms with Crippen LogP contribution in [-0.2, 0) is 0 Å². The van der Waals surface area contributed by atoms with Crippen molar-refractivity contribution in [1.29, 1.82) is 0 Å². The molecule has 0 N–H and O–H groups in total. The quantitative estimate of drug-likeness (QED) is 0.729. The lowest BCUT2D eigenvalue weighted by atomic mass is 9.66. The maximum absolute atomic E-state index is 7.47. The average molecular weight is 296 g/mol. The second-order valence-electron chi connectivity index (χ2n) is 7.20. The molecule has 0 spiro atoms. The first kappa shape index (κ1) is 15.6. The summed E-state index contributed by atoms with van der Waals surface area (Å²) in [5.74, 6) is 1.40. The zero-order chi connectivity index (χ0) is 15.5. The van der Waals surface area contributed by atoms with Gasteiger partial charge < -0.3 is 4.85 Å². The van der Waals surface area contributed by atoms with Crippen LogP contribution in [0.3, 0.4) is 0 Å². The number of hydrogen-bond donors (Lipinski definition) is 0. The van der Waals surface area contributed by atoms with Crippen molar-refractivity contribution in [3.63, 3.8) is 0 Å². The topological polar surface area (TPSA) is 7.60 Å². The molecule has 2 aliphatic rings. The average Bonchev–Trinajstić information content (AvgIpc) is 2.55. The van der Waals surface area contributed by atoms with Crippen molar-refractivity contribution in [3.8, 4) is 0 Å². The third kappa shape index (κ3) is 2.92. The van der Waals surface area contributed by atoms with Crippen LogP contribution in [-0.4, -0.2) is 30.1 Å². The van der Waals surface area contributed by atoms with Gasteiger partial charge in [-0.05, 0) is 37.3 Å². The Morgan fingerprint density at radius 3 is 2.64 bits per heavy atom. The molecular formula is C20H28N2. The summed E-state index contributed by atoms with van der Waals surface area (Å²) in [7, 11) is 2.30. The number of rotatable bonds is 4. The Hall–Kier alpha value is -1.33. The molecule has 0 aliphatic carbocycles. The lowest BCUT2D eigenvalue weighted by Gasteiger charge is -2.52. The summed E-state index contributed by atoms with van der Waals surface area (Å²) in [6.07, 6.45) is 7.27. The summed E-state index contributed by atoms with van der Waals surface area (Å²) in [5.41, 5.74) is 1.52. The van der Waals surface area contributed by atoms with Crippen LogP contribution in [0, 0.1) is 12.5 Å². The number of piperidine rings is 2. The minimum Gasteiger partial charge on any atom is -0.314 e. The van der Waals surface area contributed by atoms with Crippen molar-refractivity contribution >= 4 is 0 Å². The van der Waals surface area contributed by atoms with Gasteiger partial charge in [-0.3, -0.25) is 4.90 Å². The molecule has 22 heavy (non-hydrogen) atoms. The summed E-state index contributed by atoms with van der Waals surface area (Å²) in [6, 6.07) is 12.6. The highest BCUT2D eigenvalue weighted by Crippen LogP contribution is 2.47. The molecule has 118 valence electrons. The molecule has 2 bridgehead atoms. The smallest absolute Gasteiger partial charge is 0.226 e. The molecule has 0 radical (unpaired) electrons. The fraction of sp³-hybridized carbons (Fsp3) is 0.650. The predicted molar refractivity (Wildman–Crippen MR) is 91.8 cm³/mol. The molecule has 3 rings (SSSR count). The Morgan fingerprint density at radius 1 is 1.18 bits per heavy atom. The van der Waals surface area contributed by atoms with E-state index in [2.05, 4.69) is 54.0 Å². The Morgan fingerprint density at radius 2 is 1.95 bits per heavy atom. The van der Waals surface area contributed by atoms with Gasteiger partial charge in [0.25, 0.3) is 0 Å². The molecule has 5 atom stereocenters. The summed E-state index contributed by atoms with van der Waals surface area (Å²) in [6.45, 7) is 9.75. The van der Waals surface area contributed by atoms with E-state index >= 15 is 0 Å². The van der Waals surface area contributed by atoms with Gasteiger partial charge in [-0.2, -0.15) is 0 Å². The van der Waals surface area contributed by atoms with Crippen LogP contribution in [0.1, 0.15) is 56.9 Å². The van der Waals surface area contributed by atoms with Crippen molar-refractivity contribution in [2.45, 2.75) is 69.5 Å². The first-order valence-electron chi connectivity index (χ1n) is 8.88. The van der Waals surface area contributed by atoms with Crippen molar-refractivity contribution in [3.05, 3.63) is 47.3 Å². The molecule has 1 aromatic rings. The van der Waals surface area contributed by atoms with Crippen molar-refractivity contribution in [2.24, 2.45) is 5.92 Å². The maximum Gasteiger partial charge on any atom is 0.226 e. The molecule has 2 heteroatoms. The van der Waals surface area contributed by atoms with E-state index in [1.807, 2.05) is 0 Å². The van der Waals surface area contributed by atoms with Crippen LogP contribution in [0.25, 0.3) is 4.85 Å². The zero-order valence-corrected chi connectivity index (χ0v) is 13.9. The second-order valence-corrected chi connectivity index (χ2v) is 7.20.